The lowest BCUT2D eigenvalue weighted by atomic mass is 9.81. The van der Waals surface area contributed by atoms with Crippen molar-refractivity contribution in [3.8, 4) is 0 Å². The SMILES string of the molecule is CC(=O)N1CCC[NH+](CC[C@H]2CN(C(=O)C3CC3)CC[C@H]2CC(=O)[O-])CC1. The van der Waals surface area contributed by atoms with Gasteiger partial charge in [-0.2, -0.15) is 0 Å². The molecule has 0 radical (unpaired) electrons. The van der Waals surface area contributed by atoms with E-state index >= 15 is 0 Å². The summed E-state index contributed by atoms with van der Waals surface area (Å²) < 4.78 is 0. The van der Waals surface area contributed by atoms with Gasteiger partial charge in [0.25, 0.3) is 0 Å². The van der Waals surface area contributed by atoms with Crippen molar-refractivity contribution in [3.05, 3.63) is 0 Å². The van der Waals surface area contributed by atoms with E-state index in [4.69, 9.17) is 0 Å². The zero-order valence-electron chi connectivity index (χ0n) is 16.5. The van der Waals surface area contributed by atoms with Crippen LogP contribution in [-0.2, 0) is 14.4 Å². The Hall–Kier alpha value is -1.63. The third-order valence-corrected chi connectivity index (χ3v) is 6.57. The molecule has 1 aliphatic carbocycles. The summed E-state index contributed by atoms with van der Waals surface area (Å²) in [5, 5.41) is 11.2. The first-order chi connectivity index (χ1) is 12.9. The normalized spacial score (nSPS) is 29.3. The second-order valence-corrected chi connectivity index (χ2v) is 8.59. The molecule has 1 N–H and O–H groups in total. The maximum Gasteiger partial charge on any atom is 0.225 e. The molecule has 152 valence electrons. The van der Waals surface area contributed by atoms with E-state index in [0.29, 0.717) is 13.1 Å². The van der Waals surface area contributed by atoms with Crippen LogP contribution in [0.15, 0.2) is 0 Å². The van der Waals surface area contributed by atoms with E-state index in [2.05, 4.69) is 0 Å². The van der Waals surface area contributed by atoms with Gasteiger partial charge in [-0.25, -0.2) is 0 Å². The number of piperidine rings is 1. The third-order valence-electron chi connectivity index (χ3n) is 6.57. The van der Waals surface area contributed by atoms with Crippen LogP contribution >= 0.6 is 0 Å². The van der Waals surface area contributed by atoms with Crippen LogP contribution in [0.1, 0.15) is 45.4 Å². The second kappa shape index (κ2) is 9.04. The molecular weight excluding hydrogens is 346 g/mol. The lowest BCUT2D eigenvalue weighted by Gasteiger charge is -2.39. The highest BCUT2D eigenvalue weighted by molar-refractivity contribution is 5.81. The van der Waals surface area contributed by atoms with Crippen molar-refractivity contribution in [2.24, 2.45) is 17.8 Å². The quantitative estimate of drug-likeness (QED) is 0.611. The molecule has 3 rings (SSSR count). The molecule has 2 aliphatic heterocycles. The first-order valence-corrected chi connectivity index (χ1v) is 10.5. The van der Waals surface area contributed by atoms with E-state index in [1.165, 1.54) is 4.90 Å². The Morgan fingerprint density at radius 1 is 1.00 bits per heavy atom. The summed E-state index contributed by atoms with van der Waals surface area (Å²) >= 11 is 0. The molecule has 0 bridgehead atoms. The number of quaternary nitrogens is 1. The number of nitrogens with zero attached hydrogens (tertiary/aromatic N) is 2. The topological polar surface area (TPSA) is 85.2 Å². The van der Waals surface area contributed by atoms with Gasteiger partial charge in [0, 0.05) is 51.3 Å². The number of carboxylic acid groups (broad SMARTS) is 1. The van der Waals surface area contributed by atoms with Gasteiger partial charge in [0.1, 0.15) is 0 Å². The number of carbonyl (C=O) groups is 3. The number of hydrogen-bond acceptors (Lipinski definition) is 4. The molecule has 3 atom stereocenters. The van der Waals surface area contributed by atoms with Crippen LogP contribution in [0, 0.1) is 17.8 Å². The zero-order valence-corrected chi connectivity index (χ0v) is 16.5. The Morgan fingerprint density at radius 3 is 2.44 bits per heavy atom. The zero-order chi connectivity index (χ0) is 19.4. The van der Waals surface area contributed by atoms with Crippen LogP contribution in [0.25, 0.3) is 0 Å². The Kier molecular flexibility index (Phi) is 6.73. The van der Waals surface area contributed by atoms with Gasteiger partial charge in [0.15, 0.2) is 0 Å². The van der Waals surface area contributed by atoms with E-state index in [9.17, 15) is 19.5 Å². The number of amides is 2. The molecule has 3 fully saturated rings. The first kappa shape index (κ1) is 20.1. The average Bonchev–Trinajstić information content (AvgIpc) is 3.46. The number of carbonyl (C=O) groups excluding carboxylic acids is 3. The van der Waals surface area contributed by atoms with Crippen LogP contribution in [0.2, 0.25) is 0 Å². The maximum absolute atomic E-state index is 12.4. The number of hydrogen-bond donors (Lipinski definition) is 1. The fourth-order valence-electron chi connectivity index (χ4n) is 4.68. The van der Waals surface area contributed by atoms with Crippen molar-refractivity contribution < 1.29 is 24.4 Å². The molecule has 27 heavy (non-hydrogen) atoms. The molecule has 0 spiro atoms. The van der Waals surface area contributed by atoms with Crippen molar-refractivity contribution in [1.29, 1.82) is 0 Å². The molecule has 2 saturated heterocycles. The van der Waals surface area contributed by atoms with Gasteiger partial charge in [-0.05, 0) is 37.5 Å². The van der Waals surface area contributed by atoms with E-state index in [1.54, 1.807) is 6.92 Å². The Bertz CT molecular complexity index is 563. The standard InChI is InChI=1S/C20H33N3O4/c1-15(24)22-8-2-7-21(11-12-22)9-5-18-14-23(20(27)16-3-4-16)10-6-17(18)13-19(25)26/h16-18H,2-14H2,1H3,(H,25,26)/t17-,18-/m0/s1. The summed E-state index contributed by atoms with van der Waals surface area (Å²) in [6.07, 6.45) is 4.82. The van der Waals surface area contributed by atoms with Gasteiger partial charge in [-0.1, -0.05) is 0 Å². The molecule has 0 aromatic rings. The minimum Gasteiger partial charge on any atom is -0.550 e. The van der Waals surface area contributed by atoms with Gasteiger partial charge in [0.05, 0.1) is 26.2 Å². The van der Waals surface area contributed by atoms with Gasteiger partial charge in [-0.15, -0.1) is 0 Å². The van der Waals surface area contributed by atoms with E-state index in [0.717, 1.165) is 64.8 Å². The molecule has 7 nitrogen and oxygen atoms in total. The number of aliphatic carboxylic acids is 1. The molecular formula is C20H33N3O4. The molecule has 2 heterocycles. The molecule has 1 unspecified atom stereocenters. The lowest BCUT2D eigenvalue weighted by molar-refractivity contribution is -0.898. The highest BCUT2D eigenvalue weighted by atomic mass is 16.4. The summed E-state index contributed by atoms with van der Waals surface area (Å²) in [6.45, 7) is 7.61. The fraction of sp³-hybridized carbons (Fsp3) is 0.850. The summed E-state index contributed by atoms with van der Waals surface area (Å²) in [5.74, 6) is -0.00131. The fourth-order valence-corrected chi connectivity index (χ4v) is 4.68. The van der Waals surface area contributed by atoms with Crippen molar-refractivity contribution >= 4 is 17.8 Å². The highest BCUT2D eigenvalue weighted by Crippen LogP contribution is 2.35. The minimum absolute atomic E-state index is 0.101. The monoisotopic (exact) mass is 379 g/mol. The largest absolute Gasteiger partial charge is 0.550 e. The summed E-state index contributed by atoms with van der Waals surface area (Å²) in [5.41, 5.74) is 0. The number of carboxylic acids is 1. The van der Waals surface area contributed by atoms with Crippen LogP contribution < -0.4 is 10.0 Å². The third kappa shape index (κ3) is 5.67. The summed E-state index contributed by atoms with van der Waals surface area (Å²) in [7, 11) is 0. The maximum atomic E-state index is 12.4. The minimum atomic E-state index is -0.980. The first-order valence-electron chi connectivity index (χ1n) is 10.5. The van der Waals surface area contributed by atoms with Crippen molar-refractivity contribution in [2.45, 2.75) is 45.4 Å². The molecule has 3 aliphatic rings. The summed E-state index contributed by atoms with van der Waals surface area (Å²) in [4.78, 5) is 40.6. The van der Waals surface area contributed by atoms with Crippen molar-refractivity contribution in [1.82, 2.24) is 9.80 Å². The molecule has 0 aromatic carbocycles. The van der Waals surface area contributed by atoms with Crippen LogP contribution in [0.3, 0.4) is 0 Å². The number of nitrogens with one attached hydrogen (secondary N) is 1. The molecule has 0 aromatic heterocycles. The molecule has 2 amide bonds. The molecule has 1 saturated carbocycles. The summed E-state index contributed by atoms with van der Waals surface area (Å²) in [6, 6.07) is 0. The molecule has 7 heteroatoms. The van der Waals surface area contributed by atoms with Crippen LogP contribution in [0.5, 0.6) is 0 Å². The van der Waals surface area contributed by atoms with Gasteiger partial charge in [-0.3, -0.25) is 9.59 Å². The number of likely N-dealkylation sites (tertiary alicyclic amines) is 1. The highest BCUT2D eigenvalue weighted by Gasteiger charge is 2.38. The van der Waals surface area contributed by atoms with E-state index < -0.39 is 5.97 Å². The number of rotatable bonds is 6. The lowest BCUT2D eigenvalue weighted by Crippen LogP contribution is -3.12. The van der Waals surface area contributed by atoms with Crippen LogP contribution in [0.4, 0.5) is 0 Å². The Balaban J connectivity index is 1.54. The van der Waals surface area contributed by atoms with E-state index in [1.807, 2.05) is 9.80 Å². The smallest absolute Gasteiger partial charge is 0.225 e. The van der Waals surface area contributed by atoms with E-state index in [-0.39, 0.29) is 36.0 Å². The second-order valence-electron chi connectivity index (χ2n) is 8.59. The predicted molar refractivity (Wildman–Crippen MR) is 97.6 cm³/mol. The van der Waals surface area contributed by atoms with Crippen molar-refractivity contribution in [3.63, 3.8) is 0 Å². The van der Waals surface area contributed by atoms with Gasteiger partial charge in [0.2, 0.25) is 11.8 Å². The van der Waals surface area contributed by atoms with Crippen molar-refractivity contribution in [2.75, 3.05) is 45.8 Å². The Labute approximate surface area is 161 Å². The Morgan fingerprint density at radius 2 is 1.78 bits per heavy atom. The van der Waals surface area contributed by atoms with Gasteiger partial charge < -0.3 is 24.6 Å². The van der Waals surface area contributed by atoms with Gasteiger partial charge >= 0.3 is 0 Å². The average molecular weight is 380 g/mol. The predicted octanol–water partition coefficient (Wildman–Crippen LogP) is -1.47. The van der Waals surface area contributed by atoms with Crippen LogP contribution in [-0.4, -0.2) is 73.4 Å².